The van der Waals surface area contributed by atoms with E-state index in [0.29, 0.717) is 21.9 Å². The van der Waals surface area contributed by atoms with Gasteiger partial charge in [0.1, 0.15) is 16.4 Å². The lowest BCUT2D eigenvalue weighted by Gasteiger charge is -2.30. The van der Waals surface area contributed by atoms with Gasteiger partial charge in [-0.2, -0.15) is 0 Å². The van der Waals surface area contributed by atoms with E-state index in [-0.39, 0.29) is 11.5 Å². The van der Waals surface area contributed by atoms with Gasteiger partial charge in [-0.1, -0.05) is 42.5 Å². The van der Waals surface area contributed by atoms with Crippen molar-refractivity contribution >= 4 is 27.2 Å². The third-order valence-electron chi connectivity index (χ3n) is 5.37. The number of hydrogen-bond acceptors (Lipinski definition) is 5. The molecule has 5 rings (SSSR count). The van der Waals surface area contributed by atoms with Crippen molar-refractivity contribution in [3.63, 3.8) is 0 Å². The lowest BCUT2D eigenvalue weighted by molar-refractivity contribution is 0.104. The zero-order valence-electron chi connectivity index (χ0n) is 16.4. The number of benzene rings is 3. The van der Waals surface area contributed by atoms with Gasteiger partial charge in [0, 0.05) is 22.2 Å². The van der Waals surface area contributed by atoms with Crippen LogP contribution >= 0.6 is 11.3 Å². The highest BCUT2D eigenvalue weighted by Crippen LogP contribution is 2.42. The summed E-state index contributed by atoms with van der Waals surface area (Å²) in [6.45, 7) is 3.28. The monoisotopic (exact) mass is 415 g/mol. The summed E-state index contributed by atoms with van der Waals surface area (Å²) in [7, 11) is 0. The number of rotatable bonds is 6. The number of carbonyl (C=O) groups is 1. The molecule has 0 aliphatic carbocycles. The number of aromatic hydroxyl groups is 1. The molecule has 4 aromatic rings. The van der Waals surface area contributed by atoms with Gasteiger partial charge in [-0.25, -0.2) is 0 Å². The molecular weight excluding hydrogens is 394 g/mol. The number of likely N-dealkylation sites (tertiary alicyclic amines) is 1. The third kappa shape index (κ3) is 3.70. The first-order valence-corrected chi connectivity index (χ1v) is 10.8. The number of hydrogen-bond donors (Lipinski definition) is 1. The van der Waals surface area contributed by atoms with E-state index in [4.69, 9.17) is 4.74 Å². The van der Waals surface area contributed by atoms with E-state index < -0.39 is 0 Å². The van der Waals surface area contributed by atoms with Gasteiger partial charge >= 0.3 is 0 Å². The predicted octanol–water partition coefficient (Wildman–Crippen LogP) is 5.84. The van der Waals surface area contributed by atoms with Crippen LogP contribution in [0.1, 0.15) is 27.2 Å². The van der Waals surface area contributed by atoms with Crippen LogP contribution in [0.4, 0.5) is 0 Å². The molecule has 0 unspecified atom stereocenters. The van der Waals surface area contributed by atoms with E-state index in [2.05, 4.69) is 17.0 Å². The average molecular weight is 416 g/mol. The Labute approximate surface area is 179 Å². The zero-order valence-corrected chi connectivity index (χ0v) is 17.2. The maximum absolute atomic E-state index is 13.2. The molecule has 4 nitrogen and oxygen atoms in total. The molecule has 0 saturated carbocycles. The summed E-state index contributed by atoms with van der Waals surface area (Å²) in [5.74, 6) is 1.32. The minimum absolute atomic E-state index is 0.0827. The summed E-state index contributed by atoms with van der Waals surface area (Å²) in [5.41, 5.74) is 1.87. The topological polar surface area (TPSA) is 49.8 Å². The van der Waals surface area contributed by atoms with Crippen LogP contribution in [-0.4, -0.2) is 28.9 Å². The van der Waals surface area contributed by atoms with Crippen molar-refractivity contribution in [1.82, 2.24) is 4.90 Å². The second-order valence-electron chi connectivity index (χ2n) is 7.51. The molecule has 30 heavy (non-hydrogen) atoms. The third-order valence-corrected chi connectivity index (χ3v) is 6.50. The molecule has 1 fully saturated rings. The first-order valence-electron chi connectivity index (χ1n) is 10.0. The minimum atomic E-state index is -0.0827. The van der Waals surface area contributed by atoms with E-state index in [1.165, 1.54) is 23.3 Å². The Morgan fingerprint density at radius 2 is 1.77 bits per heavy atom. The molecule has 2 heterocycles. The summed E-state index contributed by atoms with van der Waals surface area (Å²) in [5, 5.41) is 10.7. The number of ether oxygens (including phenoxy) is 1. The van der Waals surface area contributed by atoms with Crippen LogP contribution in [0.2, 0.25) is 0 Å². The maximum atomic E-state index is 13.2. The molecule has 0 amide bonds. The number of thiophene rings is 1. The summed E-state index contributed by atoms with van der Waals surface area (Å²) < 4.78 is 7.06. The molecule has 1 N–H and O–H groups in total. The lowest BCUT2D eigenvalue weighted by Crippen LogP contribution is -2.36. The van der Waals surface area contributed by atoms with Crippen LogP contribution in [0.3, 0.4) is 0 Å². The largest absolute Gasteiger partial charge is 0.508 e. The molecule has 1 aliphatic heterocycles. The molecule has 0 bridgehead atoms. The van der Waals surface area contributed by atoms with Crippen molar-refractivity contribution in [2.45, 2.75) is 13.0 Å². The van der Waals surface area contributed by atoms with Gasteiger partial charge in [0.15, 0.2) is 5.75 Å². The Kier molecular flexibility index (Phi) is 4.99. The van der Waals surface area contributed by atoms with Crippen molar-refractivity contribution in [3.05, 3.63) is 88.8 Å². The number of carbonyl (C=O) groups excluding carboxylic acids is 1. The molecule has 1 aliphatic rings. The first kappa shape index (κ1) is 18.9. The summed E-state index contributed by atoms with van der Waals surface area (Å²) in [4.78, 5) is 16.1. The molecule has 1 saturated heterocycles. The van der Waals surface area contributed by atoms with Crippen molar-refractivity contribution in [3.8, 4) is 17.2 Å². The number of fused-ring (bicyclic) bond motifs is 1. The molecule has 150 valence electrons. The number of nitrogens with zero attached hydrogens (tertiary/aromatic N) is 1. The quantitative estimate of drug-likeness (QED) is 0.402. The second kappa shape index (κ2) is 7.94. The molecule has 0 atom stereocenters. The Hall–Kier alpha value is -3.15. The van der Waals surface area contributed by atoms with Crippen molar-refractivity contribution < 1.29 is 14.6 Å². The van der Waals surface area contributed by atoms with Gasteiger partial charge < -0.3 is 9.84 Å². The van der Waals surface area contributed by atoms with Gasteiger partial charge in [0.2, 0.25) is 5.78 Å². The van der Waals surface area contributed by atoms with E-state index in [1.807, 2.05) is 30.3 Å². The molecular formula is C25H21NO3S. The van der Waals surface area contributed by atoms with E-state index in [1.54, 1.807) is 30.3 Å². The Bertz CT molecular complexity index is 1190. The van der Waals surface area contributed by atoms with E-state index in [0.717, 1.165) is 29.7 Å². The minimum Gasteiger partial charge on any atom is -0.508 e. The highest BCUT2D eigenvalue weighted by Gasteiger charge is 2.22. The van der Waals surface area contributed by atoms with Crippen LogP contribution < -0.4 is 4.74 Å². The fraction of sp³-hybridized carbons (Fsp3) is 0.160. The lowest BCUT2D eigenvalue weighted by atomic mass is 10.1. The van der Waals surface area contributed by atoms with Crippen LogP contribution in [-0.2, 0) is 6.54 Å². The van der Waals surface area contributed by atoms with Gasteiger partial charge in [0.05, 0.1) is 0 Å². The van der Waals surface area contributed by atoms with Gasteiger partial charge in [-0.05, 0) is 55.4 Å². The van der Waals surface area contributed by atoms with Crippen LogP contribution in [0.15, 0.2) is 72.8 Å². The van der Waals surface area contributed by atoms with Crippen molar-refractivity contribution in [2.75, 3.05) is 13.1 Å². The normalized spacial score (nSPS) is 13.9. The average Bonchev–Trinajstić information content (AvgIpc) is 3.09. The number of ketones is 1. The Morgan fingerprint density at radius 3 is 2.47 bits per heavy atom. The molecule has 0 radical (unpaired) electrons. The fourth-order valence-electron chi connectivity index (χ4n) is 3.61. The second-order valence-corrected chi connectivity index (χ2v) is 8.56. The first-order chi connectivity index (χ1) is 14.7. The molecule has 5 heteroatoms. The SMILES string of the molecule is O=C(c1ccccc1)c1sc2cc(O)ccc2c1Oc1ccc(CN2CCC2)cc1. The number of phenolic OH excluding ortho intramolecular Hbond substituents is 1. The van der Waals surface area contributed by atoms with Gasteiger partial charge in [0.25, 0.3) is 0 Å². The van der Waals surface area contributed by atoms with Crippen LogP contribution in [0.25, 0.3) is 10.1 Å². The van der Waals surface area contributed by atoms with E-state index in [9.17, 15) is 9.90 Å². The van der Waals surface area contributed by atoms with Gasteiger partial charge in [-0.15, -0.1) is 11.3 Å². The van der Waals surface area contributed by atoms with Gasteiger partial charge in [-0.3, -0.25) is 9.69 Å². The smallest absolute Gasteiger partial charge is 0.206 e. The predicted molar refractivity (Wildman–Crippen MR) is 120 cm³/mol. The fourth-order valence-corrected chi connectivity index (χ4v) is 4.74. The van der Waals surface area contributed by atoms with Crippen LogP contribution in [0.5, 0.6) is 17.2 Å². The molecule has 1 aromatic heterocycles. The summed E-state index contributed by atoms with van der Waals surface area (Å²) in [6, 6.07) is 22.4. The summed E-state index contributed by atoms with van der Waals surface area (Å²) in [6.07, 6.45) is 1.28. The summed E-state index contributed by atoms with van der Waals surface area (Å²) >= 11 is 1.34. The number of phenols is 1. The Morgan fingerprint density at radius 1 is 1.00 bits per heavy atom. The molecule has 3 aromatic carbocycles. The Balaban J connectivity index is 1.49. The molecule has 0 spiro atoms. The maximum Gasteiger partial charge on any atom is 0.206 e. The highest BCUT2D eigenvalue weighted by molar-refractivity contribution is 7.21. The highest BCUT2D eigenvalue weighted by atomic mass is 32.1. The standard InChI is InChI=1S/C25H21NO3S/c27-19-9-12-21-22(15-19)30-25(23(28)18-5-2-1-3-6-18)24(21)29-20-10-7-17(8-11-20)16-26-13-4-14-26/h1-3,5-12,15,27H,4,13-14,16H2. The van der Waals surface area contributed by atoms with Crippen molar-refractivity contribution in [1.29, 1.82) is 0 Å². The zero-order chi connectivity index (χ0) is 20.5. The van der Waals surface area contributed by atoms with Crippen molar-refractivity contribution in [2.24, 2.45) is 0 Å². The van der Waals surface area contributed by atoms with Crippen LogP contribution in [0, 0.1) is 0 Å². The van der Waals surface area contributed by atoms with E-state index >= 15 is 0 Å².